The monoisotopic (exact) mass is 270 g/mol. The highest BCUT2D eigenvalue weighted by molar-refractivity contribution is 9.10. The van der Waals surface area contributed by atoms with E-state index in [0.29, 0.717) is 10.2 Å². The van der Waals surface area contributed by atoms with Gasteiger partial charge < -0.3 is 4.74 Å². The maximum absolute atomic E-state index is 12.8. The topological polar surface area (TPSA) is 9.23 Å². The van der Waals surface area contributed by atoms with Crippen LogP contribution in [0.2, 0.25) is 0 Å². The quantitative estimate of drug-likeness (QED) is 0.736. The van der Waals surface area contributed by atoms with E-state index in [0.717, 1.165) is 19.3 Å². The fourth-order valence-corrected chi connectivity index (χ4v) is 2.06. The molecule has 0 fully saturated rings. The Morgan fingerprint density at radius 2 is 2.27 bits per heavy atom. The van der Waals surface area contributed by atoms with Crippen LogP contribution in [-0.2, 0) is 0 Å². The van der Waals surface area contributed by atoms with E-state index in [4.69, 9.17) is 4.74 Å². The maximum atomic E-state index is 12.8. The molecule has 0 radical (unpaired) electrons. The molecule has 0 bridgehead atoms. The molecule has 0 heterocycles. The van der Waals surface area contributed by atoms with Gasteiger partial charge in [-0.1, -0.05) is 6.08 Å². The third kappa shape index (κ3) is 2.81. The highest BCUT2D eigenvalue weighted by atomic mass is 79.9. The Balaban J connectivity index is 2.09. The Morgan fingerprint density at radius 3 is 2.93 bits per heavy atom. The van der Waals surface area contributed by atoms with Gasteiger partial charge in [-0.3, -0.25) is 0 Å². The van der Waals surface area contributed by atoms with Crippen molar-refractivity contribution in [3.05, 3.63) is 40.6 Å². The normalized spacial score (nSPS) is 20.3. The lowest BCUT2D eigenvalue weighted by molar-refractivity contribution is 0.228. The Kier molecular flexibility index (Phi) is 3.41. The third-order valence-corrected chi connectivity index (χ3v) is 3.00. The van der Waals surface area contributed by atoms with Crippen LogP contribution in [0.3, 0.4) is 0 Å². The van der Waals surface area contributed by atoms with Crippen LogP contribution in [0.15, 0.2) is 34.8 Å². The lowest BCUT2D eigenvalue weighted by Crippen LogP contribution is -2.15. The molecule has 0 saturated heterocycles. The van der Waals surface area contributed by atoms with E-state index in [9.17, 15) is 4.39 Å². The Bertz CT molecular complexity index is 376. The van der Waals surface area contributed by atoms with Crippen molar-refractivity contribution in [1.82, 2.24) is 0 Å². The molecule has 0 amide bonds. The van der Waals surface area contributed by atoms with Crippen LogP contribution in [0.4, 0.5) is 4.39 Å². The summed E-state index contributed by atoms with van der Waals surface area (Å²) in [6.45, 7) is 0. The number of hydrogen-bond donors (Lipinski definition) is 0. The molecule has 1 atom stereocenters. The number of ether oxygens (including phenoxy) is 1. The van der Waals surface area contributed by atoms with E-state index in [-0.39, 0.29) is 11.9 Å². The molecule has 0 spiro atoms. The molecule has 1 nitrogen and oxygen atoms in total. The first-order chi connectivity index (χ1) is 7.25. The van der Waals surface area contributed by atoms with Gasteiger partial charge in [0.1, 0.15) is 17.7 Å². The predicted octanol–water partition coefficient (Wildman–Crippen LogP) is 4.08. The largest absolute Gasteiger partial charge is 0.485 e. The molecule has 1 aliphatic carbocycles. The van der Waals surface area contributed by atoms with Crippen molar-refractivity contribution >= 4 is 15.9 Å². The van der Waals surface area contributed by atoms with Crippen LogP contribution in [-0.4, -0.2) is 6.10 Å². The molecule has 0 aliphatic heterocycles. The minimum absolute atomic E-state index is 0.125. The van der Waals surface area contributed by atoms with Gasteiger partial charge in [-0.05, 0) is 59.5 Å². The highest BCUT2D eigenvalue weighted by Crippen LogP contribution is 2.28. The van der Waals surface area contributed by atoms with Crippen molar-refractivity contribution in [2.45, 2.75) is 25.4 Å². The number of rotatable bonds is 2. The molecule has 1 aromatic rings. The van der Waals surface area contributed by atoms with Crippen LogP contribution in [0, 0.1) is 5.82 Å². The molecule has 80 valence electrons. The molecule has 1 aromatic carbocycles. The fraction of sp³-hybridized carbons (Fsp3) is 0.333. The van der Waals surface area contributed by atoms with Crippen LogP contribution >= 0.6 is 15.9 Å². The molecule has 1 unspecified atom stereocenters. The van der Waals surface area contributed by atoms with Crippen LogP contribution in [0.5, 0.6) is 5.75 Å². The van der Waals surface area contributed by atoms with Crippen LogP contribution < -0.4 is 4.74 Å². The van der Waals surface area contributed by atoms with E-state index in [1.807, 2.05) is 0 Å². The van der Waals surface area contributed by atoms with Gasteiger partial charge in [-0.15, -0.1) is 0 Å². The summed E-state index contributed by atoms with van der Waals surface area (Å²) in [5.41, 5.74) is 0. The zero-order valence-electron chi connectivity index (χ0n) is 8.25. The Morgan fingerprint density at radius 1 is 1.40 bits per heavy atom. The summed E-state index contributed by atoms with van der Waals surface area (Å²) < 4.78 is 19.2. The molecular formula is C12H12BrFO. The first-order valence-corrected chi connectivity index (χ1v) is 5.83. The lowest BCUT2D eigenvalue weighted by atomic mass is 10.1. The van der Waals surface area contributed by atoms with E-state index >= 15 is 0 Å². The Labute approximate surface area is 97.1 Å². The maximum Gasteiger partial charge on any atom is 0.134 e. The summed E-state index contributed by atoms with van der Waals surface area (Å²) in [4.78, 5) is 0. The summed E-state index contributed by atoms with van der Waals surface area (Å²) in [5, 5.41) is 0. The summed E-state index contributed by atoms with van der Waals surface area (Å²) in [6.07, 6.45) is 7.64. The average molecular weight is 271 g/mol. The molecule has 15 heavy (non-hydrogen) atoms. The summed E-state index contributed by atoms with van der Waals surface area (Å²) >= 11 is 3.28. The summed E-state index contributed by atoms with van der Waals surface area (Å²) in [6, 6.07) is 4.48. The number of allylic oxidation sites excluding steroid dienone is 1. The van der Waals surface area contributed by atoms with Crippen LogP contribution in [0.25, 0.3) is 0 Å². The van der Waals surface area contributed by atoms with Gasteiger partial charge in [0.05, 0.1) is 4.47 Å². The van der Waals surface area contributed by atoms with Crippen molar-refractivity contribution in [1.29, 1.82) is 0 Å². The van der Waals surface area contributed by atoms with Gasteiger partial charge >= 0.3 is 0 Å². The number of hydrogen-bond acceptors (Lipinski definition) is 1. The van der Waals surface area contributed by atoms with E-state index < -0.39 is 0 Å². The third-order valence-electron chi connectivity index (χ3n) is 2.38. The number of halogens is 2. The highest BCUT2D eigenvalue weighted by Gasteiger charge is 2.11. The zero-order valence-corrected chi connectivity index (χ0v) is 9.84. The summed E-state index contributed by atoms with van der Waals surface area (Å²) in [7, 11) is 0. The molecule has 2 rings (SSSR count). The van der Waals surface area contributed by atoms with E-state index in [2.05, 4.69) is 28.1 Å². The van der Waals surface area contributed by atoms with E-state index in [1.54, 1.807) is 6.07 Å². The molecule has 0 aromatic heterocycles. The van der Waals surface area contributed by atoms with Gasteiger partial charge in [-0.25, -0.2) is 4.39 Å². The van der Waals surface area contributed by atoms with Gasteiger partial charge in [0.15, 0.2) is 0 Å². The minimum Gasteiger partial charge on any atom is -0.485 e. The standard InChI is InChI=1S/C12H12BrFO/c13-11-8-9(14)6-7-12(11)15-10-4-2-1-3-5-10/h2,4,6-8,10H,1,3,5H2. The molecule has 1 aliphatic rings. The van der Waals surface area contributed by atoms with Crippen molar-refractivity contribution < 1.29 is 9.13 Å². The second kappa shape index (κ2) is 4.79. The Hall–Kier alpha value is -0.830. The molecule has 0 saturated carbocycles. The smallest absolute Gasteiger partial charge is 0.134 e. The van der Waals surface area contributed by atoms with E-state index in [1.165, 1.54) is 12.1 Å². The van der Waals surface area contributed by atoms with Crippen LogP contribution in [0.1, 0.15) is 19.3 Å². The van der Waals surface area contributed by atoms with Crippen molar-refractivity contribution in [2.75, 3.05) is 0 Å². The first-order valence-electron chi connectivity index (χ1n) is 5.04. The average Bonchev–Trinajstić information content (AvgIpc) is 2.24. The molecule has 0 N–H and O–H groups in total. The minimum atomic E-state index is -0.256. The first kappa shape index (κ1) is 10.7. The fourth-order valence-electron chi connectivity index (χ4n) is 1.61. The lowest BCUT2D eigenvalue weighted by Gasteiger charge is -2.19. The second-order valence-corrected chi connectivity index (χ2v) is 4.44. The van der Waals surface area contributed by atoms with Gasteiger partial charge in [-0.2, -0.15) is 0 Å². The molecular weight excluding hydrogens is 259 g/mol. The van der Waals surface area contributed by atoms with Crippen molar-refractivity contribution in [3.8, 4) is 5.75 Å². The van der Waals surface area contributed by atoms with Crippen molar-refractivity contribution in [3.63, 3.8) is 0 Å². The van der Waals surface area contributed by atoms with Gasteiger partial charge in [0, 0.05) is 0 Å². The summed E-state index contributed by atoms with van der Waals surface area (Å²) in [5.74, 6) is 0.446. The predicted molar refractivity (Wildman–Crippen MR) is 61.5 cm³/mol. The number of benzene rings is 1. The van der Waals surface area contributed by atoms with Gasteiger partial charge in [0.2, 0.25) is 0 Å². The van der Waals surface area contributed by atoms with Crippen molar-refractivity contribution in [2.24, 2.45) is 0 Å². The zero-order chi connectivity index (χ0) is 10.7. The SMILES string of the molecule is Fc1ccc(OC2C=CCCC2)c(Br)c1. The second-order valence-electron chi connectivity index (χ2n) is 3.59. The van der Waals surface area contributed by atoms with Gasteiger partial charge in [0.25, 0.3) is 0 Å². The molecule has 3 heteroatoms.